The highest BCUT2D eigenvalue weighted by molar-refractivity contribution is 5.85. The number of nitrogens with one attached hydrogen (secondary N) is 1. The Kier molecular flexibility index (Phi) is 5.95. The van der Waals surface area contributed by atoms with Gasteiger partial charge in [0.25, 0.3) is 5.56 Å². The lowest BCUT2D eigenvalue weighted by Crippen LogP contribution is -2.41. The van der Waals surface area contributed by atoms with E-state index < -0.39 is 0 Å². The summed E-state index contributed by atoms with van der Waals surface area (Å²) in [5.41, 5.74) is 2.90. The van der Waals surface area contributed by atoms with E-state index in [0.29, 0.717) is 29.3 Å². The van der Waals surface area contributed by atoms with Gasteiger partial charge in [-0.15, -0.1) is 12.4 Å². The average molecular weight is 442 g/mol. The van der Waals surface area contributed by atoms with E-state index >= 15 is 0 Å². The number of para-hydroxylation sites is 1. The molecule has 0 radical (unpaired) electrons. The van der Waals surface area contributed by atoms with E-state index in [-0.39, 0.29) is 29.7 Å². The summed E-state index contributed by atoms with van der Waals surface area (Å²) in [5, 5.41) is 4.26. The molecule has 0 amide bonds. The third-order valence-electron chi connectivity index (χ3n) is 7.02. The largest absolute Gasteiger partial charge is 0.496 e. The molecule has 2 heterocycles. The zero-order valence-corrected chi connectivity index (χ0v) is 18.7. The van der Waals surface area contributed by atoms with Gasteiger partial charge in [-0.3, -0.25) is 13.9 Å². The Morgan fingerprint density at radius 2 is 1.94 bits per heavy atom. The number of ether oxygens (including phenoxy) is 1. The van der Waals surface area contributed by atoms with E-state index in [1.165, 1.54) is 15.7 Å². The van der Waals surface area contributed by atoms with Crippen molar-refractivity contribution in [2.75, 3.05) is 13.7 Å². The second-order valence-electron chi connectivity index (χ2n) is 8.47. The smallest absolute Gasteiger partial charge is 0.331 e. The lowest BCUT2D eigenvalue weighted by Gasteiger charge is -2.32. The van der Waals surface area contributed by atoms with Gasteiger partial charge in [0.05, 0.1) is 18.0 Å². The maximum atomic E-state index is 13.0. The maximum Gasteiger partial charge on any atom is 0.331 e. The van der Waals surface area contributed by atoms with Gasteiger partial charge in [-0.1, -0.05) is 24.3 Å². The van der Waals surface area contributed by atoms with E-state index in [9.17, 15) is 9.59 Å². The van der Waals surface area contributed by atoms with E-state index in [4.69, 9.17) is 4.74 Å². The van der Waals surface area contributed by atoms with Crippen LogP contribution in [0.25, 0.3) is 10.9 Å². The third kappa shape index (κ3) is 3.48. The quantitative estimate of drug-likeness (QED) is 0.676. The van der Waals surface area contributed by atoms with Crippen molar-refractivity contribution in [3.05, 3.63) is 74.4 Å². The highest BCUT2D eigenvalue weighted by Gasteiger charge is 2.40. The predicted molar refractivity (Wildman–Crippen MR) is 125 cm³/mol. The van der Waals surface area contributed by atoms with Gasteiger partial charge in [0.1, 0.15) is 5.75 Å². The Bertz CT molecular complexity index is 1230. The molecule has 164 valence electrons. The first kappa shape index (κ1) is 21.7. The minimum atomic E-state index is -0.251. The molecule has 1 saturated heterocycles. The first-order chi connectivity index (χ1) is 14.6. The molecule has 6 nitrogen and oxygen atoms in total. The van der Waals surface area contributed by atoms with Crippen molar-refractivity contribution in [1.29, 1.82) is 0 Å². The Hall–Kier alpha value is -2.57. The van der Waals surface area contributed by atoms with Crippen LogP contribution in [-0.4, -0.2) is 28.8 Å². The predicted octanol–water partition coefficient (Wildman–Crippen LogP) is 2.84. The van der Waals surface area contributed by atoms with Crippen LogP contribution in [0.15, 0.2) is 52.1 Å². The van der Waals surface area contributed by atoms with Crippen LogP contribution >= 0.6 is 12.4 Å². The normalized spacial score (nSPS) is 21.9. The number of halogens is 1. The molecule has 1 N–H and O–H groups in total. The minimum absolute atomic E-state index is 0. The van der Waals surface area contributed by atoms with Crippen molar-refractivity contribution >= 4 is 23.3 Å². The molecule has 1 aliphatic carbocycles. The van der Waals surface area contributed by atoms with Crippen molar-refractivity contribution in [3.63, 3.8) is 0 Å². The summed E-state index contributed by atoms with van der Waals surface area (Å²) in [4.78, 5) is 25.8. The molecule has 31 heavy (non-hydrogen) atoms. The number of rotatable bonds is 4. The molecule has 3 unspecified atom stereocenters. The molecule has 2 aromatic carbocycles. The molecule has 0 bridgehead atoms. The molecular formula is C24H28ClN3O3. The molecule has 3 atom stereocenters. The fourth-order valence-electron chi connectivity index (χ4n) is 5.53. The minimum Gasteiger partial charge on any atom is -0.496 e. The van der Waals surface area contributed by atoms with Crippen LogP contribution in [0.1, 0.15) is 29.9 Å². The van der Waals surface area contributed by atoms with Gasteiger partial charge in [0.15, 0.2) is 0 Å². The van der Waals surface area contributed by atoms with E-state index in [0.717, 1.165) is 31.6 Å². The average Bonchev–Trinajstić information content (AvgIpc) is 3.20. The summed E-state index contributed by atoms with van der Waals surface area (Å²) in [5.74, 6) is 1.95. The molecule has 5 rings (SSSR count). The fraction of sp³-hybridized carbons (Fsp3) is 0.417. The number of hydrogen-bond acceptors (Lipinski definition) is 4. The number of aromatic nitrogens is 2. The van der Waals surface area contributed by atoms with Crippen LogP contribution in [0.3, 0.4) is 0 Å². The number of aryl methyl sites for hydroxylation is 1. The summed E-state index contributed by atoms with van der Waals surface area (Å²) in [6.07, 6.45) is 2.92. The standard InChI is InChI=1S/C24H27N3O3.ClH/c1-26-20-8-4-3-6-18(20)23(28)27(24(26)29)13-12-19-22-15(14-25-19)10-11-16-17(22)7-5-9-21(16)30-2;/h3-9,15,19,22,25H,10-14H2,1-2H3;1H. The van der Waals surface area contributed by atoms with E-state index in [1.54, 1.807) is 24.8 Å². The van der Waals surface area contributed by atoms with Crippen LogP contribution in [0.4, 0.5) is 0 Å². The number of nitrogens with zero attached hydrogens (tertiary/aromatic N) is 2. The number of fused-ring (bicyclic) bond motifs is 4. The summed E-state index contributed by atoms with van der Waals surface area (Å²) >= 11 is 0. The van der Waals surface area contributed by atoms with Gasteiger partial charge in [0, 0.05) is 25.6 Å². The van der Waals surface area contributed by atoms with E-state index in [2.05, 4.69) is 17.4 Å². The van der Waals surface area contributed by atoms with Gasteiger partial charge in [-0.2, -0.15) is 0 Å². The Balaban J connectivity index is 0.00000231. The van der Waals surface area contributed by atoms with Crippen molar-refractivity contribution in [2.24, 2.45) is 13.0 Å². The molecule has 1 aromatic heterocycles. The Morgan fingerprint density at radius 3 is 2.74 bits per heavy atom. The SMILES string of the molecule is COc1cccc2c1CCC1CNC(CCn3c(=O)c4ccccc4n(C)c3=O)C21.Cl. The summed E-state index contributed by atoms with van der Waals surface area (Å²) < 4.78 is 8.57. The highest BCUT2D eigenvalue weighted by atomic mass is 35.5. The third-order valence-corrected chi connectivity index (χ3v) is 7.02. The van der Waals surface area contributed by atoms with Gasteiger partial charge in [-0.05, 0) is 61.1 Å². The lowest BCUT2D eigenvalue weighted by molar-refractivity contribution is 0.370. The van der Waals surface area contributed by atoms with Gasteiger partial charge in [-0.25, -0.2) is 4.79 Å². The topological polar surface area (TPSA) is 65.3 Å². The first-order valence-electron chi connectivity index (χ1n) is 10.7. The zero-order chi connectivity index (χ0) is 20.8. The van der Waals surface area contributed by atoms with Crippen molar-refractivity contribution in [1.82, 2.24) is 14.5 Å². The summed E-state index contributed by atoms with van der Waals surface area (Å²) in [6, 6.07) is 13.9. The van der Waals surface area contributed by atoms with Crippen LogP contribution in [0.5, 0.6) is 5.75 Å². The van der Waals surface area contributed by atoms with Crippen molar-refractivity contribution in [2.45, 2.75) is 37.8 Å². The highest BCUT2D eigenvalue weighted by Crippen LogP contribution is 2.45. The Morgan fingerprint density at radius 1 is 1.13 bits per heavy atom. The summed E-state index contributed by atoms with van der Waals surface area (Å²) in [6.45, 7) is 1.40. The maximum absolute atomic E-state index is 13.0. The number of methoxy groups -OCH3 is 1. The first-order valence-corrected chi connectivity index (χ1v) is 10.7. The monoisotopic (exact) mass is 441 g/mol. The van der Waals surface area contributed by atoms with Crippen LogP contribution in [-0.2, 0) is 20.0 Å². The second kappa shape index (κ2) is 8.52. The molecule has 1 fully saturated rings. The molecule has 3 aromatic rings. The molecule has 0 spiro atoms. The van der Waals surface area contributed by atoms with Crippen LogP contribution < -0.4 is 21.3 Å². The van der Waals surface area contributed by atoms with Gasteiger partial charge < -0.3 is 10.1 Å². The molecular weight excluding hydrogens is 414 g/mol. The van der Waals surface area contributed by atoms with E-state index in [1.807, 2.05) is 24.3 Å². The van der Waals surface area contributed by atoms with Gasteiger partial charge in [0.2, 0.25) is 0 Å². The molecule has 7 heteroatoms. The molecule has 2 aliphatic rings. The summed E-state index contributed by atoms with van der Waals surface area (Å²) in [7, 11) is 3.46. The fourth-order valence-corrected chi connectivity index (χ4v) is 5.53. The number of benzene rings is 2. The second-order valence-corrected chi connectivity index (χ2v) is 8.47. The molecule has 0 saturated carbocycles. The number of hydrogen-bond donors (Lipinski definition) is 1. The van der Waals surface area contributed by atoms with Gasteiger partial charge >= 0.3 is 5.69 Å². The lowest BCUT2D eigenvalue weighted by atomic mass is 9.73. The Labute approximate surface area is 187 Å². The van der Waals surface area contributed by atoms with Crippen LogP contribution in [0.2, 0.25) is 0 Å². The molecule has 1 aliphatic heterocycles. The van der Waals surface area contributed by atoms with Crippen molar-refractivity contribution in [3.8, 4) is 5.75 Å². The zero-order valence-electron chi connectivity index (χ0n) is 17.8. The van der Waals surface area contributed by atoms with Crippen molar-refractivity contribution < 1.29 is 4.74 Å². The van der Waals surface area contributed by atoms with Crippen LogP contribution in [0, 0.1) is 5.92 Å².